The Bertz CT molecular complexity index is 348. The third-order valence-corrected chi connectivity index (χ3v) is 5.34. The van der Waals surface area contributed by atoms with Crippen molar-refractivity contribution in [3.05, 3.63) is 0 Å². The molecule has 0 spiro atoms. The van der Waals surface area contributed by atoms with E-state index < -0.39 is 9.84 Å². The van der Waals surface area contributed by atoms with Crippen molar-refractivity contribution in [2.75, 3.05) is 25.4 Å². The molecule has 1 amide bonds. The van der Waals surface area contributed by atoms with Gasteiger partial charge in [-0.2, -0.15) is 0 Å². The van der Waals surface area contributed by atoms with Crippen molar-refractivity contribution in [1.82, 2.24) is 10.6 Å². The van der Waals surface area contributed by atoms with Gasteiger partial charge in [0, 0.05) is 13.1 Å². The molecule has 1 fully saturated rings. The standard InChI is InChI=1S/C12H24N2O3S/c1-2-7-13-8-9-14-12(15)10-18(16,17)11-5-3-4-6-11/h11,13H,2-10H2,1H3,(H,14,15). The van der Waals surface area contributed by atoms with Crippen LogP contribution in [-0.4, -0.2) is 45.0 Å². The largest absolute Gasteiger partial charge is 0.354 e. The Morgan fingerprint density at radius 1 is 1.17 bits per heavy atom. The molecule has 0 atom stereocenters. The predicted octanol–water partition coefficient (Wildman–Crippen LogP) is 0.460. The van der Waals surface area contributed by atoms with Gasteiger partial charge in [0.05, 0.1) is 5.25 Å². The van der Waals surface area contributed by atoms with Crippen molar-refractivity contribution < 1.29 is 13.2 Å². The Labute approximate surface area is 110 Å². The predicted molar refractivity (Wildman–Crippen MR) is 72.2 cm³/mol. The first-order valence-corrected chi connectivity index (χ1v) is 8.47. The fourth-order valence-electron chi connectivity index (χ4n) is 2.19. The third kappa shape index (κ3) is 5.35. The van der Waals surface area contributed by atoms with E-state index in [1.54, 1.807) is 0 Å². The van der Waals surface area contributed by atoms with Crippen molar-refractivity contribution >= 4 is 15.7 Å². The first-order chi connectivity index (χ1) is 8.56. The molecule has 1 aliphatic carbocycles. The summed E-state index contributed by atoms with van der Waals surface area (Å²) in [5, 5.41) is 5.49. The van der Waals surface area contributed by atoms with Crippen LogP contribution in [0.2, 0.25) is 0 Å². The van der Waals surface area contributed by atoms with E-state index >= 15 is 0 Å². The molecule has 0 unspecified atom stereocenters. The Kier molecular flexibility index (Phi) is 6.63. The molecular weight excluding hydrogens is 252 g/mol. The topological polar surface area (TPSA) is 75.3 Å². The van der Waals surface area contributed by atoms with E-state index in [0.717, 1.165) is 25.8 Å². The number of carbonyl (C=O) groups is 1. The maximum absolute atomic E-state index is 11.9. The van der Waals surface area contributed by atoms with Crippen LogP contribution in [0.15, 0.2) is 0 Å². The molecule has 106 valence electrons. The zero-order valence-electron chi connectivity index (χ0n) is 11.1. The smallest absolute Gasteiger partial charge is 0.235 e. The van der Waals surface area contributed by atoms with Crippen molar-refractivity contribution in [1.29, 1.82) is 0 Å². The van der Waals surface area contributed by atoms with Crippen LogP contribution in [0.1, 0.15) is 39.0 Å². The van der Waals surface area contributed by atoms with Crippen molar-refractivity contribution in [2.24, 2.45) is 0 Å². The molecule has 0 aromatic rings. The van der Waals surface area contributed by atoms with E-state index in [1.807, 2.05) is 0 Å². The minimum absolute atomic E-state index is 0.290. The van der Waals surface area contributed by atoms with Gasteiger partial charge < -0.3 is 10.6 Å². The molecule has 1 aliphatic rings. The maximum atomic E-state index is 11.9. The highest BCUT2D eigenvalue weighted by Gasteiger charge is 2.30. The molecule has 18 heavy (non-hydrogen) atoms. The summed E-state index contributed by atoms with van der Waals surface area (Å²) in [6.45, 7) is 4.15. The zero-order valence-corrected chi connectivity index (χ0v) is 11.9. The second-order valence-electron chi connectivity index (χ2n) is 4.81. The SMILES string of the molecule is CCCNCCNC(=O)CS(=O)(=O)C1CCCC1. The molecule has 1 rings (SSSR count). The summed E-state index contributed by atoms with van der Waals surface area (Å²) in [6.07, 6.45) is 4.41. The lowest BCUT2D eigenvalue weighted by molar-refractivity contribution is -0.118. The maximum Gasteiger partial charge on any atom is 0.235 e. The van der Waals surface area contributed by atoms with E-state index in [4.69, 9.17) is 0 Å². The Hall–Kier alpha value is -0.620. The molecule has 0 aromatic heterocycles. The first-order valence-electron chi connectivity index (χ1n) is 6.75. The van der Waals surface area contributed by atoms with E-state index in [0.29, 0.717) is 25.9 Å². The van der Waals surface area contributed by atoms with Gasteiger partial charge in [-0.25, -0.2) is 8.42 Å². The molecule has 1 saturated carbocycles. The van der Waals surface area contributed by atoms with Crippen molar-refractivity contribution in [3.8, 4) is 0 Å². The van der Waals surface area contributed by atoms with Gasteiger partial charge in [0.25, 0.3) is 0 Å². The van der Waals surface area contributed by atoms with Crippen LogP contribution in [0.25, 0.3) is 0 Å². The summed E-state index contributed by atoms with van der Waals surface area (Å²) < 4.78 is 23.8. The van der Waals surface area contributed by atoms with Gasteiger partial charge >= 0.3 is 0 Å². The molecule has 0 aromatic carbocycles. The average Bonchev–Trinajstić information content (AvgIpc) is 2.82. The molecule has 5 nitrogen and oxygen atoms in total. The van der Waals surface area contributed by atoms with Crippen molar-refractivity contribution in [2.45, 2.75) is 44.3 Å². The highest BCUT2D eigenvalue weighted by atomic mass is 32.2. The van der Waals surface area contributed by atoms with Gasteiger partial charge in [0.1, 0.15) is 5.75 Å². The summed E-state index contributed by atoms with van der Waals surface area (Å²) in [5.41, 5.74) is 0. The van der Waals surface area contributed by atoms with Gasteiger partial charge in [0.2, 0.25) is 5.91 Å². The van der Waals surface area contributed by atoms with Crippen LogP contribution in [-0.2, 0) is 14.6 Å². The molecule has 6 heteroatoms. The highest BCUT2D eigenvalue weighted by molar-refractivity contribution is 7.92. The van der Waals surface area contributed by atoms with E-state index in [-0.39, 0.29) is 16.9 Å². The van der Waals surface area contributed by atoms with Gasteiger partial charge in [0.15, 0.2) is 9.84 Å². The fraction of sp³-hybridized carbons (Fsp3) is 0.917. The van der Waals surface area contributed by atoms with Gasteiger partial charge in [-0.1, -0.05) is 19.8 Å². The second kappa shape index (κ2) is 7.74. The van der Waals surface area contributed by atoms with Crippen LogP contribution in [0.5, 0.6) is 0 Å². The van der Waals surface area contributed by atoms with Crippen LogP contribution < -0.4 is 10.6 Å². The number of rotatable bonds is 8. The van der Waals surface area contributed by atoms with Crippen LogP contribution in [0.3, 0.4) is 0 Å². The average molecular weight is 276 g/mol. The molecular formula is C12H24N2O3S. The minimum atomic E-state index is -3.24. The monoisotopic (exact) mass is 276 g/mol. The van der Waals surface area contributed by atoms with E-state index in [2.05, 4.69) is 17.6 Å². The number of hydrogen-bond donors (Lipinski definition) is 2. The van der Waals surface area contributed by atoms with Crippen LogP contribution in [0.4, 0.5) is 0 Å². The lowest BCUT2D eigenvalue weighted by atomic mass is 10.4. The summed E-state index contributed by atoms with van der Waals surface area (Å²) in [7, 11) is -3.24. The number of sulfone groups is 1. The number of nitrogens with one attached hydrogen (secondary N) is 2. The van der Waals surface area contributed by atoms with Crippen LogP contribution >= 0.6 is 0 Å². The Balaban J connectivity index is 2.22. The zero-order chi connectivity index (χ0) is 13.4. The molecule has 0 bridgehead atoms. The molecule has 0 radical (unpaired) electrons. The van der Waals surface area contributed by atoms with Gasteiger partial charge in [-0.3, -0.25) is 4.79 Å². The highest BCUT2D eigenvalue weighted by Crippen LogP contribution is 2.24. The van der Waals surface area contributed by atoms with E-state index in [1.165, 1.54) is 0 Å². The van der Waals surface area contributed by atoms with E-state index in [9.17, 15) is 13.2 Å². The van der Waals surface area contributed by atoms with Gasteiger partial charge in [-0.15, -0.1) is 0 Å². The Morgan fingerprint density at radius 2 is 1.83 bits per heavy atom. The number of hydrogen-bond acceptors (Lipinski definition) is 4. The first kappa shape index (κ1) is 15.4. The van der Waals surface area contributed by atoms with Crippen LogP contribution in [0, 0.1) is 0 Å². The fourth-order valence-corrected chi connectivity index (χ4v) is 3.95. The molecule has 0 aliphatic heterocycles. The lowest BCUT2D eigenvalue weighted by Gasteiger charge is -2.11. The second-order valence-corrected chi connectivity index (χ2v) is 7.09. The lowest BCUT2D eigenvalue weighted by Crippen LogP contribution is -2.37. The summed E-state index contributed by atoms with van der Waals surface area (Å²) in [6, 6.07) is 0. The molecule has 0 heterocycles. The number of carbonyl (C=O) groups excluding carboxylic acids is 1. The minimum Gasteiger partial charge on any atom is -0.354 e. The summed E-state index contributed by atoms with van der Waals surface area (Å²) >= 11 is 0. The normalized spacial score (nSPS) is 16.9. The molecule has 2 N–H and O–H groups in total. The van der Waals surface area contributed by atoms with Gasteiger partial charge in [-0.05, 0) is 25.8 Å². The number of amides is 1. The molecule has 0 saturated heterocycles. The third-order valence-electron chi connectivity index (χ3n) is 3.19. The quantitative estimate of drug-likeness (QED) is 0.632. The summed E-state index contributed by atoms with van der Waals surface area (Å²) in [4.78, 5) is 11.5. The summed E-state index contributed by atoms with van der Waals surface area (Å²) in [5.74, 6) is -0.731. The Morgan fingerprint density at radius 3 is 2.44 bits per heavy atom. The van der Waals surface area contributed by atoms with Crippen molar-refractivity contribution in [3.63, 3.8) is 0 Å².